The molecule has 1 heterocycles. The Morgan fingerprint density at radius 1 is 1.29 bits per heavy atom. The fourth-order valence-electron chi connectivity index (χ4n) is 2.39. The first-order chi connectivity index (χ1) is 10.2. The number of hydrogen-bond donors (Lipinski definition) is 2. The van der Waals surface area contributed by atoms with Crippen LogP contribution in [0.5, 0.6) is 5.75 Å². The monoisotopic (exact) mass is 302 g/mol. The minimum Gasteiger partial charge on any atom is -0.495 e. The molecule has 5 heteroatoms. The molecule has 1 amide bonds. The molecule has 2 N–H and O–H groups in total. The van der Waals surface area contributed by atoms with E-state index in [0.717, 1.165) is 18.7 Å². The Morgan fingerprint density at radius 2 is 2.14 bits per heavy atom. The van der Waals surface area contributed by atoms with Crippen molar-refractivity contribution in [3.8, 4) is 5.75 Å². The number of hydrogen-bond acceptors (Lipinski definition) is 3. The Morgan fingerprint density at radius 3 is 2.90 bits per heavy atom. The van der Waals surface area contributed by atoms with E-state index in [9.17, 15) is 4.79 Å². The lowest BCUT2D eigenvalue weighted by molar-refractivity contribution is 0.102. The number of amides is 1. The van der Waals surface area contributed by atoms with E-state index in [1.807, 2.05) is 18.2 Å². The molecule has 0 unspecified atom stereocenters. The van der Waals surface area contributed by atoms with Gasteiger partial charge in [-0.3, -0.25) is 4.79 Å². The smallest absolute Gasteiger partial charge is 0.255 e. The second kappa shape index (κ2) is 5.66. The Labute approximate surface area is 128 Å². The Hall–Kier alpha value is -2.20. The second-order valence-corrected chi connectivity index (χ2v) is 5.26. The fourth-order valence-corrected chi connectivity index (χ4v) is 2.65. The molecule has 21 heavy (non-hydrogen) atoms. The highest BCUT2D eigenvalue weighted by Crippen LogP contribution is 2.28. The molecule has 0 radical (unpaired) electrons. The normalized spacial score (nSPS) is 12.5. The summed E-state index contributed by atoms with van der Waals surface area (Å²) in [5, 5.41) is 6.58. The number of nitrogens with one attached hydrogen (secondary N) is 2. The summed E-state index contributed by atoms with van der Waals surface area (Å²) in [6.07, 6.45) is 0.949. The third kappa shape index (κ3) is 2.81. The van der Waals surface area contributed by atoms with Crippen molar-refractivity contribution in [3.05, 3.63) is 52.5 Å². The zero-order valence-electron chi connectivity index (χ0n) is 11.6. The van der Waals surface area contributed by atoms with E-state index in [-0.39, 0.29) is 5.91 Å². The topological polar surface area (TPSA) is 50.4 Å². The van der Waals surface area contributed by atoms with E-state index < -0.39 is 0 Å². The minimum atomic E-state index is -0.147. The maximum absolute atomic E-state index is 12.3. The van der Waals surface area contributed by atoms with Gasteiger partial charge < -0.3 is 15.4 Å². The van der Waals surface area contributed by atoms with Crippen LogP contribution in [-0.2, 0) is 6.42 Å². The van der Waals surface area contributed by atoms with Crippen LogP contribution in [-0.4, -0.2) is 19.6 Å². The SMILES string of the molecule is COc1ccc(NC(=O)c2ccc3c(c2)CCN3)cc1Cl. The van der Waals surface area contributed by atoms with E-state index in [2.05, 4.69) is 10.6 Å². The maximum atomic E-state index is 12.3. The van der Waals surface area contributed by atoms with Gasteiger partial charge in [0.25, 0.3) is 5.91 Å². The van der Waals surface area contributed by atoms with Crippen molar-refractivity contribution < 1.29 is 9.53 Å². The van der Waals surface area contributed by atoms with Gasteiger partial charge in [-0.05, 0) is 48.4 Å². The van der Waals surface area contributed by atoms with Gasteiger partial charge in [-0.1, -0.05) is 11.6 Å². The number of methoxy groups -OCH3 is 1. The highest BCUT2D eigenvalue weighted by atomic mass is 35.5. The van der Waals surface area contributed by atoms with Gasteiger partial charge in [-0.15, -0.1) is 0 Å². The number of anilines is 2. The Balaban J connectivity index is 1.78. The van der Waals surface area contributed by atoms with Gasteiger partial charge in [0.15, 0.2) is 0 Å². The molecule has 2 aromatic rings. The van der Waals surface area contributed by atoms with Gasteiger partial charge >= 0.3 is 0 Å². The number of carbonyl (C=O) groups is 1. The lowest BCUT2D eigenvalue weighted by Crippen LogP contribution is -2.12. The summed E-state index contributed by atoms with van der Waals surface area (Å²) in [6.45, 7) is 0.925. The number of ether oxygens (including phenoxy) is 1. The van der Waals surface area contributed by atoms with Crippen molar-refractivity contribution in [1.29, 1.82) is 0 Å². The van der Waals surface area contributed by atoms with Crippen LogP contribution in [0.25, 0.3) is 0 Å². The molecule has 0 saturated carbocycles. The Bertz CT molecular complexity index is 701. The number of benzene rings is 2. The fraction of sp³-hybridized carbons (Fsp3) is 0.188. The maximum Gasteiger partial charge on any atom is 0.255 e. The van der Waals surface area contributed by atoms with Crippen molar-refractivity contribution in [2.24, 2.45) is 0 Å². The first-order valence-electron chi connectivity index (χ1n) is 6.69. The zero-order valence-corrected chi connectivity index (χ0v) is 12.3. The molecule has 0 saturated heterocycles. The first-order valence-corrected chi connectivity index (χ1v) is 7.07. The molecule has 108 valence electrons. The lowest BCUT2D eigenvalue weighted by Gasteiger charge is -2.09. The van der Waals surface area contributed by atoms with E-state index in [1.54, 1.807) is 25.3 Å². The second-order valence-electron chi connectivity index (χ2n) is 4.85. The van der Waals surface area contributed by atoms with Crippen molar-refractivity contribution in [2.45, 2.75) is 6.42 Å². The minimum absolute atomic E-state index is 0.147. The highest BCUT2D eigenvalue weighted by molar-refractivity contribution is 6.32. The van der Waals surface area contributed by atoms with Crippen LogP contribution < -0.4 is 15.4 Å². The first kappa shape index (κ1) is 13.8. The van der Waals surface area contributed by atoms with Crippen LogP contribution in [0.4, 0.5) is 11.4 Å². The van der Waals surface area contributed by atoms with Crippen LogP contribution >= 0.6 is 11.6 Å². The molecule has 1 aliphatic heterocycles. The van der Waals surface area contributed by atoms with Gasteiger partial charge in [-0.2, -0.15) is 0 Å². The predicted octanol–water partition coefficient (Wildman–Crippen LogP) is 3.57. The number of halogens is 1. The quantitative estimate of drug-likeness (QED) is 0.911. The molecule has 0 aromatic heterocycles. The number of rotatable bonds is 3. The molecule has 4 nitrogen and oxygen atoms in total. The summed E-state index contributed by atoms with van der Waals surface area (Å²) < 4.78 is 5.09. The molecular weight excluding hydrogens is 288 g/mol. The van der Waals surface area contributed by atoms with Crippen LogP contribution in [0.3, 0.4) is 0 Å². The number of carbonyl (C=O) groups excluding carboxylic acids is 1. The van der Waals surface area contributed by atoms with E-state index in [4.69, 9.17) is 16.3 Å². The molecule has 3 rings (SSSR count). The third-order valence-corrected chi connectivity index (χ3v) is 3.78. The summed E-state index contributed by atoms with van der Waals surface area (Å²) in [5.41, 5.74) is 3.57. The lowest BCUT2D eigenvalue weighted by atomic mass is 10.1. The Kier molecular flexibility index (Phi) is 3.71. The van der Waals surface area contributed by atoms with E-state index in [1.165, 1.54) is 5.56 Å². The summed E-state index contributed by atoms with van der Waals surface area (Å²) >= 11 is 6.05. The predicted molar refractivity (Wildman–Crippen MR) is 84.6 cm³/mol. The van der Waals surface area contributed by atoms with Crippen molar-refractivity contribution >= 4 is 28.9 Å². The van der Waals surface area contributed by atoms with Gasteiger partial charge in [0.05, 0.1) is 12.1 Å². The average molecular weight is 303 g/mol. The molecule has 0 aliphatic carbocycles. The van der Waals surface area contributed by atoms with Crippen LogP contribution in [0, 0.1) is 0 Å². The number of fused-ring (bicyclic) bond motifs is 1. The standard InChI is InChI=1S/C16H15ClN2O2/c1-21-15-5-3-12(9-13(15)17)19-16(20)11-2-4-14-10(8-11)6-7-18-14/h2-5,8-9,18H,6-7H2,1H3,(H,19,20). The van der Waals surface area contributed by atoms with E-state index >= 15 is 0 Å². The largest absolute Gasteiger partial charge is 0.495 e. The van der Waals surface area contributed by atoms with Gasteiger partial charge in [0, 0.05) is 23.5 Å². The van der Waals surface area contributed by atoms with Crippen LogP contribution in [0.2, 0.25) is 5.02 Å². The third-order valence-electron chi connectivity index (χ3n) is 3.49. The van der Waals surface area contributed by atoms with Gasteiger partial charge in [0.1, 0.15) is 5.75 Å². The summed E-state index contributed by atoms with van der Waals surface area (Å²) in [5.74, 6) is 0.434. The molecule has 0 atom stereocenters. The molecule has 2 aromatic carbocycles. The molecule has 0 spiro atoms. The average Bonchev–Trinajstić information content (AvgIpc) is 2.94. The van der Waals surface area contributed by atoms with E-state index in [0.29, 0.717) is 22.0 Å². The summed E-state index contributed by atoms with van der Waals surface area (Å²) in [4.78, 5) is 12.3. The van der Waals surface area contributed by atoms with Crippen molar-refractivity contribution in [2.75, 3.05) is 24.3 Å². The molecule has 0 fully saturated rings. The van der Waals surface area contributed by atoms with Crippen LogP contribution in [0.15, 0.2) is 36.4 Å². The van der Waals surface area contributed by atoms with Gasteiger partial charge in [0.2, 0.25) is 0 Å². The van der Waals surface area contributed by atoms with Crippen molar-refractivity contribution in [1.82, 2.24) is 0 Å². The van der Waals surface area contributed by atoms with Crippen LogP contribution in [0.1, 0.15) is 15.9 Å². The van der Waals surface area contributed by atoms with Gasteiger partial charge in [-0.25, -0.2) is 0 Å². The van der Waals surface area contributed by atoms with Crippen molar-refractivity contribution in [3.63, 3.8) is 0 Å². The molecule has 1 aliphatic rings. The zero-order chi connectivity index (χ0) is 14.8. The molecular formula is C16H15ClN2O2. The molecule has 0 bridgehead atoms. The summed E-state index contributed by atoms with van der Waals surface area (Å²) in [6, 6.07) is 10.8. The highest BCUT2D eigenvalue weighted by Gasteiger charge is 2.14. The summed E-state index contributed by atoms with van der Waals surface area (Å²) in [7, 11) is 1.55.